The third-order valence-corrected chi connectivity index (χ3v) is 5.08. The number of hydrogen-bond acceptors (Lipinski definition) is 4. The van der Waals surface area contributed by atoms with E-state index in [4.69, 9.17) is 23.2 Å². The molecule has 2 aromatic carbocycles. The summed E-state index contributed by atoms with van der Waals surface area (Å²) in [5.41, 5.74) is 3.11. The molecule has 0 saturated carbocycles. The molecule has 4 rings (SSSR count). The van der Waals surface area contributed by atoms with Crippen molar-refractivity contribution in [2.45, 2.75) is 12.8 Å². The van der Waals surface area contributed by atoms with E-state index in [1.165, 1.54) is 18.0 Å². The quantitative estimate of drug-likeness (QED) is 0.664. The second kappa shape index (κ2) is 7.55. The van der Waals surface area contributed by atoms with Crippen molar-refractivity contribution >= 4 is 46.4 Å². The first-order valence-corrected chi connectivity index (χ1v) is 9.32. The van der Waals surface area contributed by atoms with Crippen molar-refractivity contribution in [1.82, 2.24) is 9.97 Å². The summed E-state index contributed by atoms with van der Waals surface area (Å²) in [6, 6.07) is 13.2. The number of benzene rings is 2. The van der Waals surface area contributed by atoms with Gasteiger partial charge in [0.25, 0.3) is 5.91 Å². The lowest BCUT2D eigenvalue weighted by Gasteiger charge is -2.29. The van der Waals surface area contributed by atoms with Crippen molar-refractivity contribution in [1.29, 1.82) is 0 Å². The molecule has 0 atom stereocenters. The zero-order valence-corrected chi connectivity index (χ0v) is 15.8. The van der Waals surface area contributed by atoms with E-state index in [2.05, 4.69) is 21.4 Å². The fourth-order valence-corrected chi connectivity index (χ4v) is 3.62. The maximum atomic E-state index is 12.9. The van der Waals surface area contributed by atoms with Gasteiger partial charge in [0.2, 0.25) is 5.95 Å². The average molecular weight is 399 g/mol. The van der Waals surface area contributed by atoms with Crippen molar-refractivity contribution in [2.24, 2.45) is 0 Å². The number of carbonyl (C=O) groups is 1. The SMILES string of the molecule is O=C(c1cnc(Nc2c(Cl)cccc2Cl)nc1)N1CCCc2ccccc21. The van der Waals surface area contributed by atoms with Gasteiger partial charge in [0.15, 0.2) is 0 Å². The number of fused-ring (bicyclic) bond motifs is 1. The van der Waals surface area contributed by atoms with Crippen LogP contribution in [-0.2, 0) is 6.42 Å². The van der Waals surface area contributed by atoms with Crippen molar-refractivity contribution in [3.8, 4) is 0 Å². The Kier molecular flexibility index (Phi) is 4.97. The summed E-state index contributed by atoms with van der Waals surface area (Å²) >= 11 is 12.3. The minimum atomic E-state index is -0.107. The zero-order chi connectivity index (χ0) is 18.8. The van der Waals surface area contributed by atoms with E-state index in [1.54, 1.807) is 23.1 Å². The maximum Gasteiger partial charge on any atom is 0.261 e. The summed E-state index contributed by atoms with van der Waals surface area (Å²) in [5, 5.41) is 3.93. The number of amides is 1. The van der Waals surface area contributed by atoms with E-state index in [9.17, 15) is 4.79 Å². The number of hydrogen-bond donors (Lipinski definition) is 1. The van der Waals surface area contributed by atoms with Gasteiger partial charge in [-0.3, -0.25) is 4.79 Å². The first-order valence-electron chi connectivity index (χ1n) is 8.56. The van der Waals surface area contributed by atoms with Crippen LogP contribution in [0.5, 0.6) is 0 Å². The Balaban J connectivity index is 1.55. The van der Waals surface area contributed by atoms with Crippen LogP contribution in [0.25, 0.3) is 0 Å². The number of carbonyl (C=O) groups excluding carboxylic acids is 1. The van der Waals surface area contributed by atoms with Crippen molar-refractivity contribution in [2.75, 3.05) is 16.8 Å². The van der Waals surface area contributed by atoms with Gasteiger partial charge < -0.3 is 10.2 Å². The number of aromatic nitrogens is 2. The Morgan fingerprint density at radius 3 is 2.44 bits per heavy atom. The summed E-state index contributed by atoms with van der Waals surface area (Å²) in [4.78, 5) is 23.2. The van der Waals surface area contributed by atoms with Gasteiger partial charge in [0.05, 0.1) is 21.3 Å². The first-order chi connectivity index (χ1) is 13.1. The highest BCUT2D eigenvalue weighted by atomic mass is 35.5. The topological polar surface area (TPSA) is 58.1 Å². The van der Waals surface area contributed by atoms with Crippen molar-refractivity contribution < 1.29 is 4.79 Å². The van der Waals surface area contributed by atoms with Crippen LogP contribution in [0.1, 0.15) is 22.3 Å². The van der Waals surface area contributed by atoms with Crippen LogP contribution in [0, 0.1) is 0 Å². The number of anilines is 3. The molecular formula is C20H16Cl2N4O. The second-order valence-electron chi connectivity index (χ2n) is 6.21. The van der Waals surface area contributed by atoms with E-state index in [0.717, 1.165) is 18.5 Å². The fourth-order valence-electron chi connectivity index (χ4n) is 3.13. The summed E-state index contributed by atoms with van der Waals surface area (Å²) in [5.74, 6) is 0.213. The van der Waals surface area contributed by atoms with Crippen LogP contribution < -0.4 is 10.2 Å². The van der Waals surface area contributed by atoms with Gasteiger partial charge in [0.1, 0.15) is 0 Å². The molecule has 5 nitrogen and oxygen atoms in total. The summed E-state index contributed by atoms with van der Waals surface area (Å²) < 4.78 is 0. The molecule has 0 bridgehead atoms. The molecule has 1 aromatic heterocycles. The van der Waals surface area contributed by atoms with E-state index in [1.807, 2.05) is 18.2 Å². The molecule has 1 aliphatic rings. The number of aryl methyl sites for hydroxylation is 1. The Morgan fingerprint density at radius 2 is 1.70 bits per heavy atom. The molecule has 1 aliphatic heterocycles. The molecular weight excluding hydrogens is 383 g/mol. The van der Waals surface area contributed by atoms with Gasteiger partial charge in [-0.15, -0.1) is 0 Å². The largest absolute Gasteiger partial charge is 0.322 e. The highest BCUT2D eigenvalue weighted by Crippen LogP contribution is 2.32. The second-order valence-corrected chi connectivity index (χ2v) is 7.02. The summed E-state index contributed by atoms with van der Waals surface area (Å²) in [7, 11) is 0. The summed E-state index contributed by atoms with van der Waals surface area (Å²) in [6.45, 7) is 0.686. The standard InChI is InChI=1S/C20H16Cl2N4O/c21-15-7-3-8-16(22)18(15)25-20-23-11-14(12-24-20)19(27)26-10-4-6-13-5-1-2-9-17(13)26/h1-3,5,7-9,11-12H,4,6,10H2,(H,23,24,25). The third kappa shape index (κ3) is 3.61. The molecule has 0 radical (unpaired) electrons. The van der Waals surface area contributed by atoms with Crippen LogP contribution in [0.4, 0.5) is 17.3 Å². The third-order valence-electron chi connectivity index (χ3n) is 4.45. The number of para-hydroxylation sites is 2. The molecule has 0 fully saturated rings. The Bertz CT molecular complexity index is 971. The zero-order valence-electron chi connectivity index (χ0n) is 14.3. The van der Waals surface area contributed by atoms with Crippen LogP contribution in [-0.4, -0.2) is 22.4 Å². The highest BCUT2D eigenvalue weighted by Gasteiger charge is 2.23. The van der Waals surface area contributed by atoms with E-state index >= 15 is 0 Å². The smallest absolute Gasteiger partial charge is 0.261 e. The molecule has 7 heteroatoms. The van der Waals surface area contributed by atoms with Crippen molar-refractivity contribution in [3.05, 3.63) is 76.0 Å². The van der Waals surface area contributed by atoms with Gasteiger partial charge in [0, 0.05) is 24.6 Å². The van der Waals surface area contributed by atoms with E-state index < -0.39 is 0 Å². The van der Waals surface area contributed by atoms with Crippen molar-refractivity contribution in [3.63, 3.8) is 0 Å². The molecule has 136 valence electrons. The maximum absolute atomic E-state index is 12.9. The average Bonchev–Trinajstić information content (AvgIpc) is 2.70. The van der Waals surface area contributed by atoms with Gasteiger partial charge in [-0.05, 0) is 36.6 Å². The molecule has 1 amide bonds. The Hall–Kier alpha value is -2.63. The number of halogens is 2. The number of rotatable bonds is 3. The van der Waals surface area contributed by atoms with E-state index in [0.29, 0.717) is 33.8 Å². The predicted octanol–water partition coefficient (Wildman–Crippen LogP) is 5.12. The molecule has 1 N–H and O–H groups in total. The first kappa shape index (κ1) is 17.8. The van der Waals surface area contributed by atoms with Crippen LogP contribution in [0.15, 0.2) is 54.9 Å². The molecule has 2 heterocycles. The van der Waals surface area contributed by atoms with Gasteiger partial charge >= 0.3 is 0 Å². The Labute approximate surface area is 167 Å². The van der Waals surface area contributed by atoms with Gasteiger partial charge in [-0.1, -0.05) is 47.5 Å². The lowest BCUT2D eigenvalue weighted by molar-refractivity contribution is 0.0984. The number of nitrogens with zero attached hydrogens (tertiary/aromatic N) is 3. The lowest BCUT2D eigenvalue weighted by atomic mass is 10.0. The summed E-state index contributed by atoms with van der Waals surface area (Å²) in [6.07, 6.45) is 4.95. The minimum Gasteiger partial charge on any atom is -0.322 e. The molecule has 0 unspecified atom stereocenters. The van der Waals surface area contributed by atoms with Gasteiger partial charge in [-0.25, -0.2) is 9.97 Å². The molecule has 0 spiro atoms. The fraction of sp³-hybridized carbons (Fsp3) is 0.150. The minimum absolute atomic E-state index is 0.107. The number of nitrogens with one attached hydrogen (secondary N) is 1. The van der Waals surface area contributed by atoms with Crippen LogP contribution in [0.3, 0.4) is 0 Å². The normalized spacial score (nSPS) is 13.2. The molecule has 3 aromatic rings. The highest BCUT2D eigenvalue weighted by molar-refractivity contribution is 6.39. The molecule has 0 aliphatic carbocycles. The Morgan fingerprint density at radius 1 is 1.00 bits per heavy atom. The molecule has 0 saturated heterocycles. The van der Waals surface area contributed by atoms with Crippen LogP contribution >= 0.6 is 23.2 Å². The lowest BCUT2D eigenvalue weighted by Crippen LogP contribution is -2.35. The van der Waals surface area contributed by atoms with Crippen LogP contribution in [0.2, 0.25) is 10.0 Å². The van der Waals surface area contributed by atoms with E-state index in [-0.39, 0.29) is 5.91 Å². The molecule has 27 heavy (non-hydrogen) atoms. The monoisotopic (exact) mass is 398 g/mol. The van der Waals surface area contributed by atoms with Gasteiger partial charge in [-0.2, -0.15) is 0 Å². The predicted molar refractivity (Wildman–Crippen MR) is 108 cm³/mol.